The Morgan fingerprint density at radius 1 is 0.903 bits per heavy atom. The van der Waals surface area contributed by atoms with Crippen molar-refractivity contribution >= 4 is 17.7 Å². The van der Waals surface area contributed by atoms with Gasteiger partial charge in [0.2, 0.25) is 0 Å². The average molecular weight is 424 g/mol. The normalized spacial score (nSPS) is 19.2. The van der Waals surface area contributed by atoms with E-state index in [9.17, 15) is 9.59 Å². The van der Waals surface area contributed by atoms with Gasteiger partial charge < -0.3 is 24.5 Å². The molecule has 0 aromatic heterocycles. The van der Waals surface area contributed by atoms with Crippen LogP contribution in [-0.2, 0) is 0 Å². The number of hydrogen-bond donors (Lipinski definition) is 1. The lowest BCUT2D eigenvalue weighted by atomic mass is 9.99. The summed E-state index contributed by atoms with van der Waals surface area (Å²) < 4.78 is 5.92. The Morgan fingerprint density at radius 3 is 2.29 bits per heavy atom. The second-order valence-electron chi connectivity index (χ2n) is 8.19. The smallest absolute Gasteiger partial charge is 0.407 e. The maximum Gasteiger partial charge on any atom is 0.407 e. The zero-order valence-corrected chi connectivity index (χ0v) is 17.7. The van der Waals surface area contributed by atoms with E-state index in [0.717, 1.165) is 42.9 Å². The van der Waals surface area contributed by atoms with Crippen molar-refractivity contribution in [3.05, 3.63) is 60.2 Å². The van der Waals surface area contributed by atoms with E-state index in [0.29, 0.717) is 32.8 Å². The summed E-state index contributed by atoms with van der Waals surface area (Å²) in [5, 5.41) is 9.16. The first-order valence-electron chi connectivity index (χ1n) is 10.9. The molecule has 7 nitrogen and oxygen atoms in total. The molecular formula is C24H29N3O4. The summed E-state index contributed by atoms with van der Waals surface area (Å²) in [7, 11) is 0. The number of nitrogens with zero attached hydrogens (tertiary/aromatic N) is 3. The van der Waals surface area contributed by atoms with Crippen molar-refractivity contribution in [2.24, 2.45) is 5.92 Å². The standard InChI is InChI=1S/C24H29N3O4/c28-23(20-6-2-1-3-7-20)26-15-13-25(14-16-26)21-8-10-22(11-9-21)31-18-19-5-4-12-27(17-19)24(29)30/h1-3,6-11,19H,4-5,12-18H2,(H,29,30)/t19-/m0/s1. The van der Waals surface area contributed by atoms with Gasteiger partial charge in [0.1, 0.15) is 5.75 Å². The summed E-state index contributed by atoms with van der Waals surface area (Å²) in [6, 6.07) is 17.5. The molecule has 2 amide bonds. The van der Waals surface area contributed by atoms with Gasteiger partial charge in [-0.3, -0.25) is 4.79 Å². The van der Waals surface area contributed by atoms with Gasteiger partial charge in [0.05, 0.1) is 6.61 Å². The first kappa shape index (κ1) is 21.0. The summed E-state index contributed by atoms with van der Waals surface area (Å²) >= 11 is 0. The monoisotopic (exact) mass is 423 g/mol. The molecule has 2 fully saturated rings. The average Bonchev–Trinajstić information content (AvgIpc) is 2.83. The Bertz CT molecular complexity index is 879. The molecule has 2 saturated heterocycles. The van der Waals surface area contributed by atoms with Crippen molar-refractivity contribution in [1.82, 2.24) is 9.80 Å². The fourth-order valence-electron chi connectivity index (χ4n) is 4.27. The highest BCUT2D eigenvalue weighted by Crippen LogP contribution is 2.23. The Kier molecular flexibility index (Phi) is 6.60. The second-order valence-corrected chi connectivity index (χ2v) is 8.19. The minimum Gasteiger partial charge on any atom is -0.493 e. The van der Waals surface area contributed by atoms with E-state index < -0.39 is 6.09 Å². The molecule has 4 rings (SSSR count). The number of piperazine rings is 1. The molecule has 0 bridgehead atoms. The molecule has 7 heteroatoms. The molecule has 2 aromatic rings. The van der Waals surface area contributed by atoms with Gasteiger partial charge >= 0.3 is 6.09 Å². The zero-order valence-electron chi connectivity index (χ0n) is 17.7. The van der Waals surface area contributed by atoms with Gasteiger partial charge in [-0.25, -0.2) is 4.79 Å². The van der Waals surface area contributed by atoms with Crippen LogP contribution in [0.15, 0.2) is 54.6 Å². The predicted octanol–water partition coefficient (Wildman–Crippen LogP) is 3.42. The van der Waals surface area contributed by atoms with Crippen LogP contribution in [0.2, 0.25) is 0 Å². The molecule has 31 heavy (non-hydrogen) atoms. The lowest BCUT2D eigenvalue weighted by Gasteiger charge is -2.36. The number of amides is 2. The lowest BCUT2D eigenvalue weighted by Crippen LogP contribution is -2.48. The summed E-state index contributed by atoms with van der Waals surface area (Å²) in [4.78, 5) is 29.4. The van der Waals surface area contributed by atoms with Crippen LogP contribution in [0.1, 0.15) is 23.2 Å². The van der Waals surface area contributed by atoms with Gasteiger partial charge in [0.25, 0.3) is 5.91 Å². The Hall–Kier alpha value is -3.22. The topological polar surface area (TPSA) is 73.3 Å². The number of piperidine rings is 1. The Labute approximate surface area is 182 Å². The molecule has 2 heterocycles. The Balaban J connectivity index is 1.25. The number of carbonyl (C=O) groups excluding carboxylic acids is 1. The number of likely N-dealkylation sites (tertiary alicyclic amines) is 1. The summed E-state index contributed by atoms with van der Waals surface area (Å²) in [5.74, 6) is 1.13. The molecule has 0 aliphatic carbocycles. The van der Waals surface area contributed by atoms with Gasteiger partial charge in [-0.1, -0.05) is 18.2 Å². The van der Waals surface area contributed by atoms with Crippen LogP contribution in [0.3, 0.4) is 0 Å². The van der Waals surface area contributed by atoms with Gasteiger partial charge in [-0.15, -0.1) is 0 Å². The van der Waals surface area contributed by atoms with E-state index in [4.69, 9.17) is 9.84 Å². The van der Waals surface area contributed by atoms with Gasteiger partial charge in [0, 0.05) is 56.4 Å². The molecule has 0 spiro atoms. The number of rotatable bonds is 5. The minimum absolute atomic E-state index is 0.0909. The van der Waals surface area contributed by atoms with Crippen molar-refractivity contribution in [2.75, 3.05) is 50.8 Å². The number of carboxylic acid groups (broad SMARTS) is 1. The first-order valence-corrected chi connectivity index (χ1v) is 10.9. The van der Waals surface area contributed by atoms with E-state index in [-0.39, 0.29) is 11.8 Å². The zero-order chi connectivity index (χ0) is 21.6. The maximum atomic E-state index is 12.6. The van der Waals surface area contributed by atoms with E-state index >= 15 is 0 Å². The van der Waals surface area contributed by atoms with Crippen LogP contribution in [-0.4, -0.2) is 72.8 Å². The van der Waals surface area contributed by atoms with Crippen molar-refractivity contribution in [2.45, 2.75) is 12.8 Å². The fourth-order valence-corrected chi connectivity index (χ4v) is 4.27. The van der Waals surface area contributed by atoms with E-state index in [1.54, 1.807) is 0 Å². The molecule has 2 aliphatic rings. The van der Waals surface area contributed by atoms with Crippen molar-refractivity contribution in [1.29, 1.82) is 0 Å². The first-order chi connectivity index (χ1) is 15.1. The second kappa shape index (κ2) is 9.73. The predicted molar refractivity (Wildman–Crippen MR) is 119 cm³/mol. The molecule has 2 aliphatic heterocycles. The molecule has 2 aromatic carbocycles. The Morgan fingerprint density at radius 2 is 1.61 bits per heavy atom. The lowest BCUT2D eigenvalue weighted by molar-refractivity contribution is 0.0746. The molecule has 0 unspecified atom stereocenters. The molecule has 1 N–H and O–H groups in total. The number of hydrogen-bond acceptors (Lipinski definition) is 4. The third-order valence-electron chi connectivity index (χ3n) is 6.06. The minimum atomic E-state index is -0.848. The summed E-state index contributed by atoms with van der Waals surface area (Å²) in [5.41, 5.74) is 1.86. The summed E-state index contributed by atoms with van der Waals surface area (Å²) in [6.07, 6.45) is 1.03. The van der Waals surface area contributed by atoms with Crippen LogP contribution in [0.25, 0.3) is 0 Å². The van der Waals surface area contributed by atoms with Crippen LogP contribution < -0.4 is 9.64 Å². The van der Waals surface area contributed by atoms with Crippen molar-refractivity contribution in [3.63, 3.8) is 0 Å². The van der Waals surface area contributed by atoms with Crippen LogP contribution in [0, 0.1) is 5.92 Å². The van der Waals surface area contributed by atoms with Crippen LogP contribution in [0.4, 0.5) is 10.5 Å². The van der Waals surface area contributed by atoms with E-state index in [1.165, 1.54) is 4.90 Å². The maximum absolute atomic E-state index is 12.6. The van der Waals surface area contributed by atoms with Crippen molar-refractivity contribution in [3.8, 4) is 5.75 Å². The number of benzene rings is 2. The fraction of sp³-hybridized carbons (Fsp3) is 0.417. The third-order valence-corrected chi connectivity index (χ3v) is 6.06. The van der Waals surface area contributed by atoms with Crippen LogP contribution in [0.5, 0.6) is 5.75 Å². The number of anilines is 1. The quantitative estimate of drug-likeness (QED) is 0.798. The summed E-state index contributed by atoms with van der Waals surface area (Å²) in [6.45, 7) is 4.69. The molecule has 0 saturated carbocycles. The highest BCUT2D eigenvalue weighted by atomic mass is 16.5. The number of ether oxygens (including phenoxy) is 1. The molecule has 164 valence electrons. The van der Waals surface area contributed by atoms with Crippen LogP contribution >= 0.6 is 0 Å². The molecule has 0 radical (unpaired) electrons. The van der Waals surface area contributed by atoms with Crippen molar-refractivity contribution < 1.29 is 19.4 Å². The molecule has 1 atom stereocenters. The van der Waals surface area contributed by atoms with Gasteiger partial charge in [-0.05, 0) is 49.2 Å². The number of carbonyl (C=O) groups is 2. The van der Waals surface area contributed by atoms with Gasteiger partial charge in [0.15, 0.2) is 0 Å². The largest absolute Gasteiger partial charge is 0.493 e. The van der Waals surface area contributed by atoms with E-state index in [2.05, 4.69) is 17.0 Å². The third kappa shape index (κ3) is 5.29. The molecular weight excluding hydrogens is 394 g/mol. The highest BCUT2D eigenvalue weighted by molar-refractivity contribution is 5.94. The van der Waals surface area contributed by atoms with E-state index in [1.807, 2.05) is 47.4 Å². The SMILES string of the molecule is O=C(O)N1CCC[C@H](COc2ccc(N3CCN(C(=O)c4ccccc4)CC3)cc2)C1. The highest BCUT2D eigenvalue weighted by Gasteiger charge is 2.24. The van der Waals surface area contributed by atoms with Gasteiger partial charge in [-0.2, -0.15) is 0 Å².